The molecule has 0 N–H and O–H groups in total. The van der Waals surface area contributed by atoms with Crippen LogP contribution in [0.1, 0.15) is 73.0 Å². The van der Waals surface area contributed by atoms with Gasteiger partial charge in [-0.3, -0.25) is 4.98 Å². The molecule has 1 saturated carbocycles. The molecular weight excluding hydrogens is 194 g/mol. The number of pyridine rings is 1. The average Bonchev–Trinajstić information content (AvgIpc) is 2.95. The van der Waals surface area contributed by atoms with E-state index in [-0.39, 0.29) is 0 Å². The summed E-state index contributed by atoms with van der Waals surface area (Å²) in [4.78, 5) is 4.86. The molecule has 1 heteroatoms. The predicted octanol–water partition coefficient (Wildman–Crippen LogP) is 3.88. The number of hydrogen-bond acceptors (Lipinski definition) is 1. The lowest BCUT2D eigenvalue weighted by atomic mass is 9.88. The zero-order valence-electron chi connectivity index (χ0n) is 10.6. The SMILES string of the molecule is Cc1nc2c(c(C(C)C)c1C1CC1)CCC2. The van der Waals surface area contributed by atoms with Crippen LogP contribution in [0.3, 0.4) is 0 Å². The second-order valence-electron chi connectivity index (χ2n) is 5.73. The highest BCUT2D eigenvalue weighted by atomic mass is 14.7. The monoisotopic (exact) mass is 215 g/mol. The van der Waals surface area contributed by atoms with E-state index in [1.165, 1.54) is 43.5 Å². The molecule has 1 aromatic rings. The molecule has 0 bridgehead atoms. The fourth-order valence-corrected chi connectivity index (χ4v) is 3.31. The predicted molar refractivity (Wildman–Crippen MR) is 67.1 cm³/mol. The van der Waals surface area contributed by atoms with E-state index in [2.05, 4.69) is 20.8 Å². The van der Waals surface area contributed by atoms with E-state index in [4.69, 9.17) is 4.98 Å². The quantitative estimate of drug-likeness (QED) is 0.729. The van der Waals surface area contributed by atoms with Gasteiger partial charge in [-0.15, -0.1) is 0 Å². The Morgan fingerprint density at radius 2 is 1.94 bits per heavy atom. The number of hydrogen-bond donors (Lipinski definition) is 0. The Labute approximate surface area is 98.3 Å². The zero-order chi connectivity index (χ0) is 11.3. The van der Waals surface area contributed by atoms with Crippen molar-refractivity contribution < 1.29 is 0 Å². The lowest BCUT2D eigenvalue weighted by molar-refractivity contribution is 0.806. The van der Waals surface area contributed by atoms with Crippen molar-refractivity contribution in [2.75, 3.05) is 0 Å². The van der Waals surface area contributed by atoms with Crippen LogP contribution in [0.25, 0.3) is 0 Å². The van der Waals surface area contributed by atoms with Crippen LogP contribution in [0, 0.1) is 6.92 Å². The normalized spacial score (nSPS) is 19.2. The minimum Gasteiger partial charge on any atom is -0.258 e. The molecule has 0 aliphatic heterocycles. The molecule has 0 saturated heterocycles. The molecule has 3 rings (SSSR count). The Kier molecular flexibility index (Phi) is 2.31. The summed E-state index contributed by atoms with van der Waals surface area (Å²) in [5.74, 6) is 1.51. The van der Waals surface area contributed by atoms with Crippen LogP contribution >= 0.6 is 0 Å². The Bertz CT molecular complexity index is 428. The van der Waals surface area contributed by atoms with Crippen molar-refractivity contribution in [1.29, 1.82) is 0 Å². The molecule has 0 unspecified atom stereocenters. The highest BCUT2D eigenvalue weighted by Gasteiger charge is 2.32. The minimum absolute atomic E-state index is 0.671. The van der Waals surface area contributed by atoms with E-state index in [1.54, 1.807) is 16.7 Å². The van der Waals surface area contributed by atoms with Gasteiger partial charge in [0.25, 0.3) is 0 Å². The van der Waals surface area contributed by atoms with Crippen molar-refractivity contribution in [2.24, 2.45) is 0 Å². The Morgan fingerprint density at radius 1 is 1.19 bits per heavy atom. The van der Waals surface area contributed by atoms with Gasteiger partial charge in [-0.2, -0.15) is 0 Å². The largest absolute Gasteiger partial charge is 0.258 e. The molecule has 0 aromatic carbocycles. The third-order valence-electron chi connectivity index (χ3n) is 4.06. The zero-order valence-corrected chi connectivity index (χ0v) is 10.6. The topological polar surface area (TPSA) is 12.9 Å². The van der Waals surface area contributed by atoms with Crippen molar-refractivity contribution in [3.05, 3.63) is 28.1 Å². The van der Waals surface area contributed by atoms with E-state index < -0.39 is 0 Å². The lowest BCUT2D eigenvalue weighted by Crippen LogP contribution is -2.07. The lowest BCUT2D eigenvalue weighted by Gasteiger charge is -2.19. The maximum absolute atomic E-state index is 4.86. The van der Waals surface area contributed by atoms with Crippen LogP contribution in [-0.4, -0.2) is 4.98 Å². The van der Waals surface area contributed by atoms with Crippen molar-refractivity contribution in [3.8, 4) is 0 Å². The first kappa shape index (κ1) is 10.3. The van der Waals surface area contributed by atoms with Gasteiger partial charge in [0.1, 0.15) is 0 Å². The molecule has 0 spiro atoms. The van der Waals surface area contributed by atoms with E-state index in [9.17, 15) is 0 Å². The second kappa shape index (κ2) is 3.58. The van der Waals surface area contributed by atoms with Gasteiger partial charge in [0.2, 0.25) is 0 Å². The smallest absolute Gasteiger partial charge is 0.0441 e. The van der Waals surface area contributed by atoms with Crippen molar-refractivity contribution >= 4 is 0 Å². The third kappa shape index (κ3) is 1.49. The maximum atomic E-state index is 4.86. The third-order valence-corrected chi connectivity index (χ3v) is 4.06. The number of nitrogens with zero attached hydrogens (tertiary/aromatic N) is 1. The number of fused-ring (bicyclic) bond motifs is 1. The van der Waals surface area contributed by atoms with Gasteiger partial charge in [0.15, 0.2) is 0 Å². The van der Waals surface area contributed by atoms with Crippen LogP contribution in [-0.2, 0) is 12.8 Å². The summed E-state index contributed by atoms with van der Waals surface area (Å²) in [6, 6.07) is 0. The molecule has 2 aliphatic rings. The van der Waals surface area contributed by atoms with E-state index in [0.717, 1.165) is 5.92 Å². The number of aromatic nitrogens is 1. The van der Waals surface area contributed by atoms with Crippen molar-refractivity contribution in [2.45, 2.75) is 64.7 Å². The van der Waals surface area contributed by atoms with Gasteiger partial charge in [0.05, 0.1) is 0 Å². The van der Waals surface area contributed by atoms with Crippen LogP contribution in [0.2, 0.25) is 0 Å². The molecule has 1 nitrogen and oxygen atoms in total. The molecule has 1 fully saturated rings. The maximum Gasteiger partial charge on any atom is 0.0441 e. The standard InChI is InChI=1S/C15H21N/c1-9(2)14-12-5-4-6-13(12)16-10(3)15(14)11-7-8-11/h9,11H,4-8H2,1-3H3. The fourth-order valence-electron chi connectivity index (χ4n) is 3.31. The molecule has 2 aliphatic carbocycles. The minimum atomic E-state index is 0.671. The Morgan fingerprint density at radius 3 is 2.56 bits per heavy atom. The van der Waals surface area contributed by atoms with E-state index >= 15 is 0 Å². The van der Waals surface area contributed by atoms with Gasteiger partial charge in [0, 0.05) is 11.4 Å². The molecule has 16 heavy (non-hydrogen) atoms. The summed E-state index contributed by atoms with van der Waals surface area (Å²) in [5, 5.41) is 0. The molecule has 1 heterocycles. The van der Waals surface area contributed by atoms with Crippen molar-refractivity contribution in [1.82, 2.24) is 4.98 Å². The molecule has 86 valence electrons. The second-order valence-corrected chi connectivity index (χ2v) is 5.73. The first-order valence-corrected chi connectivity index (χ1v) is 6.70. The summed E-state index contributed by atoms with van der Waals surface area (Å²) >= 11 is 0. The molecular formula is C15H21N. The molecule has 1 aromatic heterocycles. The number of aryl methyl sites for hydroxylation is 2. The van der Waals surface area contributed by atoms with Crippen LogP contribution < -0.4 is 0 Å². The van der Waals surface area contributed by atoms with Gasteiger partial charge in [-0.25, -0.2) is 0 Å². The van der Waals surface area contributed by atoms with Crippen molar-refractivity contribution in [3.63, 3.8) is 0 Å². The average molecular weight is 215 g/mol. The van der Waals surface area contributed by atoms with Crippen LogP contribution in [0.5, 0.6) is 0 Å². The summed E-state index contributed by atoms with van der Waals surface area (Å²) in [6.07, 6.45) is 6.58. The first-order chi connectivity index (χ1) is 7.68. The van der Waals surface area contributed by atoms with Crippen LogP contribution in [0.15, 0.2) is 0 Å². The summed E-state index contributed by atoms with van der Waals surface area (Å²) in [6.45, 7) is 6.91. The molecule has 0 amide bonds. The molecule has 0 radical (unpaired) electrons. The van der Waals surface area contributed by atoms with Gasteiger partial charge in [-0.05, 0) is 67.6 Å². The highest BCUT2D eigenvalue weighted by molar-refractivity contribution is 5.47. The summed E-state index contributed by atoms with van der Waals surface area (Å²) in [7, 11) is 0. The summed E-state index contributed by atoms with van der Waals surface area (Å²) in [5.41, 5.74) is 7.64. The Balaban J connectivity index is 2.22. The number of rotatable bonds is 2. The van der Waals surface area contributed by atoms with E-state index in [0.29, 0.717) is 5.92 Å². The van der Waals surface area contributed by atoms with Gasteiger partial charge < -0.3 is 0 Å². The fraction of sp³-hybridized carbons (Fsp3) is 0.667. The first-order valence-electron chi connectivity index (χ1n) is 6.70. The summed E-state index contributed by atoms with van der Waals surface area (Å²) < 4.78 is 0. The molecule has 0 atom stereocenters. The highest BCUT2D eigenvalue weighted by Crippen LogP contribution is 2.46. The van der Waals surface area contributed by atoms with E-state index in [1.807, 2.05) is 0 Å². The van der Waals surface area contributed by atoms with Gasteiger partial charge >= 0.3 is 0 Å². The Hall–Kier alpha value is -0.850. The van der Waals surface area contributed by atoms with Crippen LogP contribution in [0.4, 0.5) is 0 Å². The van der Waals surface area contributed by atoms with Gasteiger partial charge in [-0.1, -0.05) is 13.8 Å².